The van der Waals surface area contributed by atoms with E-state index in [1.165, 1.54) is 51.4 Å². The molecule has 0 heterocycles. The van der Waals surface area contributed by atoms with E-state index in [1.807, 2.05) is 30.3 Å². The Kier molecular flexibility index (Phi) is 7.71. The maximum Gasteiger partial charge on any atom is 0.0487 e. The van der Waals surface area contributed by atoms with Crippen LogP contribution in [0.2, 0.25) is 0 Å². The summed E-state index contributed by atoms with van der Waals surface area (Å²) >= 11 is 0. The summed E-state index contributed by atoms with van der Waals surface area (Å²) in [6.45, 7) is 0. The smallest absolute Gasteiger partial charge is 0.0487 e. The minimum Gasteiger partial charge on any atom is -0.321 e. The maximum atomic E-state index is 3.53. The molecule has 0 radical (unpaired) electrons. The summed E-state index contributed by atoms with van der Waals surface area (Å²) in [6, 6.07) is 19.1. The van der Waals surface area contributed by atoms with Crippen LogP contribution in [0.1, 0.15) is 51.4 Å². The molecule has 114 valence electrons. The fourth-order valence-electron chi connectivity index (χ4n) is 2.74. The Hall–Kier alpha value is -1.54. The lowest BCUT2D eigenvalue weighted by molar-refractivity contribution is 0.463. The summed E-state index contributed by atoms with van der Waals surface area (Å²) in [7, 11) is 0. The molecule has 1 fully saturated rings. The van der Waals surface area contributed by atoms with Gasteiger partial charge in [0.2, 0.25) is 0 Å². The first kappa shape index (κ1) is 15.8. The standard InChI is InChI=1S/C19H28N2/c1-2-6-10-14-18(15-11-7-3-1)20-21-19-16-12-8-4-5-9-13-17-19/h1-3,6-7,10-11,14-15,19-21H,4-5,8-9,12-13,16-17H2. The molecule has 0 atom stereocenters. The predicted molar refractivity (Wildman–Crippen MR) is 91.6 cm³/mol. The van der Waals surface area contributed by atoms with Crippen molar-refractivity contribution < 1.29 is 0 Å². The summed E-state index contributed by atoms with van der Waals surface area (Å²) in [5, 5.41) is 0. The van der Waals surface area contributed by atoms with Gasteiger partial charge in [0, 0.05) is 11.7 Å². The molecule has 2 rings (SSSR count). The van der Waals surface area contributed by atoms with Crippen molar-refractivity contribution in [3.05, 3.63) is 54.6 Å². The van der Waals surface area contributed by atoms with Crippen molar-refractivity contribution in [1.82, 2.24) is 5.43 Å². The Bertz CT molecular complexity index is 408. The normalized spacial score (nSPS) is 17.0. The fraction of sp³-hybridized carbons (Fsp3) is 0.474. The SMILES string of the molecule is c1ccccc(NNC2CCCCCCCC2)cccc1. The van der Waals surface area contributed by atoms with E-state index in [-0.39, 0.29) is 0 Å². The van der Waals surface area contributed by atoms with Gasteiger partial charge in [-0.2, -0.15) is 0 Å². The van der Waals surface area contributed by atoms with Gasteiger partial charge in [-0.25, -0.2) is 5.43 Å². The second-order valence-corrected chi connectivity index (χ2v) is 5.80. The van der Waals surface area contributed by atoms with E-state index in [9.17, 15) is 0 Å². The highest BCUT2D eigenvalue weighted by Gasteiger charge is 2.09. The summed E-state index contributed by atoms with van der Waals surface area (Å²) in [4.78, 5) is 0. The lowest BCUT2D eigenvalue weighted by atomic mass is 10.1. The molecular weight excluding hydrogens is 256 g/mol. The van der Waals surface area contributed by atoms with Crippen LogP contribution < -0.4 is 10.9 Å². The maximum absolute atomic E-state index is 3.53. The van der Waals surface area contributed by atoms with Gasteiger partial charge < -0.3 is 5.43 Å². The van der Waals surface area contributed by atoms with Crippen molar-refractivity contribution in [1.29, 1.82) is 0 Å². The molecular formula is C19H28N2. The van der Waals surface area contributed by atoms with Crippen molar-refractivity contribution >= 4 is 5.69 Å². The van der Waals surface area contributed by atoms with Gasteiger partial charge in [0.25, 0.3) is 0 Å². The van der Waals surface area contributed by atoms with Gasteiger partial charge in [-0.05, 0) is 25.0 Å². The molecule has 21 heavy (non-hydrogen) atoms. The van der Waals surface area contributed by atoms with Crippen LogP contribution in [-0.2, 0) is 0 Å². The first-order chi connectivity index (χ1) is 10.4. The van der Waals surface area contributed by atoms with Crippen molar-refractivity contribution in [3.63, 3.8) is 0 Å². The summed E-state index contributed by atoms with van der Waals surface area (Å²) in [6.07, 6.45) is 10.9. The minimum absolute atomic E-state index is 0.590. The molecule has 0 saturated heterocycles. The monoisotopic (exact) mass is 284 g/mol. The average Bonchev–Trinajstić information content (AvgIpc) is 2.65. The zero-order valence-corrected chi connectivity index (χ0v) is 12.9. The molecule has 1 saturated carbocycles. The van der Waals surface area contributed by atoms with Crippen LogP contribution in [-0.4, -0.2) is 6.04 Å². The van der Waals surface area contributed by atoms with E-state index in [0.29, 0.717) is 6.04 Å². The molecule has 0 bridgehead atoms. The van der Waals surface area contributed by atoms with Gasteiger partial charge in [-0.15, -0.1) is 0 Å². The topological polar surface area (TPSA) is 24.1 Å². The Labute approximate surface area is 129 Å². The van der Waals surface area contributed by atoms with Crippen LogP contribution in [0.4, 0.5) is 5.69 Å². The number of rotatable bonds is 3. The summed E-state index contributed by atoms with van der Waals surface area (Å²) in [5.41, 5.74) is 8.02. The number of hydrazine groups is 1. The molecule has 1 aliphatic rings. The first-order valence-corrected chi connectivity index (χ1v) is 8.35. The third-order valence-corrected chi connectivity index (χ3v) is 3.99. The average molecular weight is 284 g/mol. The second-order valence-electron chi connectivity index (χ2n) is 5.80. The largest absolute Gasteiger partial charge is 0.321 e. The molecule has 1 aliphatic carbocycles. The third-order valence-electron chi connectivity index (χ3n) is 3.99. The van der Waals surface area contributed by atoms with Crippen LogP contribution in [0.25, 0.3) is 0 Å². The van der Waals surface area contributed by atoms with E-state index >= 15 is 0 Å². The zero-order valence-electron chi connectivity index (χ0n) is 12.9. The van der Waals surface area contributed by atoms with Crippen LogP contribution in [0.15, 0.2) is 54.6 Å². The van der Waals surface area contributed by atoms with E-state index in [1.54, 1.807) is 0 Å². The van der Waals surface area contributed by atoms with Gasteiger partial charge in [0.15, 0.2) is 0 Å². The van der Waals surface area contributed by atoms with Crippen LogP contribution >= 0.6 is 0 Å². The van der Waals surface area contributed by atoms with Crippen LogP contribution in [0, 0.1) is 0 Å². The Morgan fingerprint density at radius 2 is 1.10 bits per heavy atom. The molecule has 0 aromatic heterocycles. The van der Waals surface area contributed by atoms with Crippen LogP contribution in [0.5, 0.6) is 0 Å². The van der Waals surface area contributed by atoms with Crippen molar-refractivity contribution in [3.8, 4) is 0 Å². The van der Waals surface area contributed by atoms with Crippen LogP contribution in [0.3, 0.4) is 0 Å². The molecule has 1 aromatic rings. The van der Waals surface area contributed by atoms with Gasteiger partial charge in [0.1, 0.15) is 0 Å². The third kappa shape index (κ3) is 7.14. The lowest BCUT2D eigenvalue weighted by Crippen LogP contribution is -2.33. The Balaban J connectivity index is 1.91. The van der Waals surface area contributed by atoms with E-state index in [2.05, 4.69) is 35.1 Å². The number of anilines is 1. The molecule has 2 heteroatoms. The molecule has 1 aromatic carbocycles. The quantitative estimate of drug-likeness (QED) is 0.743. The number of nitrogens with one attached hydrogen (secondary N) is 2. The summed E-state index contributed by atoms with van der Waals surface area (Å²) in [5.74, 6) is 0. The van der Waals surface area contributed by atoms with Gasteiger partial charge in [-0.1, -0.05) is 81.0 Å². The number of hydrogen-bond acceptors (Lipinski definition) is 2. The number of hydrogen-bond donors (Lipinski definition) is 2. The van der Waals surface area contributed by atoms with E-state index < -0.39 is 0 Å². The molecule has 0 spiro atoms. The second kappa shape index (κ2) is 10.2. The molecule has 2 N–H and O–H groups in total. The van der Waals surface area contributed by atoms with Gasteiger partial charge in [0.05, 0.1) is 0 Å². The van der Waals surface area contributed by atoms with Crippen molar-refractivity contribution in [2.24, 2.45) is 0 Å². The van der Waals surface area contributed by atoms with Crippen molar-refractivity contribution in [2.75, 3.05) is 5.43 Å². The molecule has 0 amide bonds. The minimum atomic E-state index is 0.590. The van der Waals surface area contributed by atoms with Gasteiger partial charge in [-0.3, -0.25) is 0 Å². The summed E-state index contributed by atoms with van der Waals surface area (Å²) < 4.78 is 0. The molecule has 2 nitrogen and oxygen atoms in total. The van der Waals surface area contributed by atoms with E-state index in [4.69, 9.17) is 0 Å². The zero-order chi connectivity index (χ0) is 14.6. The highest BCUT2D eigenvalue weighted by molar-refractivity contribution is 5.39. The van der Waals surface area contributed by atoms with Gasteiger partial charge >= 0.3 is 0 Å². The van der Waals surface area contributed by atoms with E-state index in [0.717, 1.165) is 5.69 Å². The lowest BCUT2D eigenvalue weighted by Gasteiger charge is -2.19. The highest BCUT2D eigenvalue weighted by atomic mass is 15.4. The first-order valence-electron chi connectivity index (χ1n) is 8.35. The highest BCUT2D eigenvalue weighted by Crippen LogP contribution is 2.17. The Morgan fingerprint density at radius 3 is 1.67 bits per heavy atom. The molecule has 0 unspecified atom stereocenters. The van der Waals surface area contributed by atoms with Crippen molar-refractivity contribution in [2.45, 2.75) is 57.4 Å². The molecule has 0 aliphatic heterocycles. The Morgan fingerprint density at radius 1 is 0.619 bits per heavy atom. The fourth-order valence-corrected chi connectivity index (χ4v) is 2.74. The predicted octanol–water partition coefficient (Wildman–Crippen LogP) is 5.23.